The van der Waals surface area contributed by atoms with E-state index in [4.69, 9.17) is 5.73 Å². The normalized spacial score (nSPS) is 10.3. The van der Waals surface area contributed by atoms with Crippen LogP contribution in [0.4, 0.5) is 11.4 Å². The molecular weight excluding hydrogens is 256 g/mol. The van der Waals surface area contributed by atoms with Gasteiger partial charge >= 0.3 is 0 Å². The minimum absolute atomic E-state index is 0.132. The number of rotatable bonds is 3. The molecule has 0 spiro atoms. The Morgan fingerprint density at radius 2 is 2.15 bits per heavy atom. The first kappa shape index (κ1) is 13.8. The highest BCUT2D eigenvalue weighted by Crippen LogP contribution is 2.20. The number of carbonyl (C=O) groups excluding carboxylic acids is 1. The van der Waals surface area contributed by atoms with Gasteiger partial charge in [-0.05, 0) is 37.1 Å². The lowest BCUT2D eigenvalue weighted by Crippen LogP contribution is -2.29. The van der Waals surface area contributed by atoms with Gasteiger partial charge in [-0.1, -0.05) is 6.07 Å². The van der Waals surface area contributed by atoms with Crippen LogP contribution in [0.15, 0.2) is 35.3 Å². The summed E-state index contributed by atoms with van der Waals surface area (Å²) < 4.78 is 1.12. The number of anilines is 2. The molecular formula is C14H16N4O2. The van der Waals surface area contributed by atoms with Gasteiger partial charge in [0.25, 0.3) is 5.56 Å². The van der Waals surface area contributed by atoms with Crippen molar-refractivity contribution in [1.82, 2.24) is 9.78 Å². The Bertz CT molecular complexity index is 707. The van der Waals surface area contributed by atoms with E-state index in [9.17, 15) is 9.59 Å². The second-order valence-corrected chi connectivity index (χ2v) is 4.60. The van der Waals surface area contributed by atoms with Crippen LogP contribution in [0.2, 0.25) is 0 Å². The van der Waals surface area contributed by atoms with Gasteiger partial charge in [0.15, 0.2) is 0 Å². The molecule has 0 unspecified atom stereocenters. The average molecular weight is 272 g/mol. The second-order valence-electron chi connectivity index (χ2n) is 4.60. The highest BCUT2D eigenvalue weighted by Gasteiger charge is 2.08. The molecule has 0 saturated carbocycles. The smallest absolute Gasteiger partial charge is 0.267 e. The van der Waals surface area contributed by atoms with Crippen LogP contribution in [0.5, 0.6) is 0 Å². The van der Waals surface area contributed by atoms with Gasteiger partial charge in [-0.2, -0.15) is 5.10 Å². The van der Waals surface area contributed by atoms with Crippen LogP contribution in [-0.4, -0.2) is 15.7 Å². The fourth-order valence-electron chi connectivity index (χ4n) is 1.76. The summed E-state index contributed by atoms with van der Waals surface area (Å²) in [6, 6.07) is 6.71. The molecule has 0 bridgehead atoms. The van der Waals surface area contributed by atoms with E-state index >= 15 is 0 Å². The van der Waals surface area contributed by atoms with Crippen molar-refractivity contribution in [2.45, 2.75) is 20.4 Å². The largest absolute Gasteiger partial charge is 0.398 e. The number of amides is 1. The van der Waals surface area contributed by atoms with Crippen molar-refractivity contribution in [2.24, 2.45) is 0 Å². The molecule has 1 aromatic carbocycles. The molecule has 2 aromatic rings. The number of nitrogen functional groups attached to an aromatic ring is 1. The SMILES string of the molecule is Cc1cnn(CC(=O)Nc2cccc(N)c2C)c(=O)c1. The molecule has 0 saturated heterocycles. The number of nitrogens with two attached hydrogens (primary N) is 1. The molecule has 6 nitrogen and oxygen atoms in total. The number of aryl methyl sites for hydroxylation is 1. The molecule has 0 atom stereocenters. The third-order valence-corrected chi connectivity index (χ3v) is 2.95. The first-order chi connectivity index (χ1) is 9.47. The number of nitrogens with zero attached hydrogens (tertiary/aromatic N) is 2. The zero-order valence-electron chi connectivity index (χ0n) is 11.4. The lowest BCUT2D eigenvalue weighted by atomic mass is 10.1. The third-order valence-electron chi connectivity index (χ3n) is 2.95. The molecule has 0 radical (unpaired) electrons. The first-order valence-corrected chi connectivity index (χ1v) is 6.16. The van der Waals surface area contributed by atoms with Crippen molar-refractivity contribution in [2.75, 3.05) is 11.1 Å². The van der Waals surface area contributed by atoms with Crippen LogP contribution in [0.25, 0.3) is 0 Å². The summed E-state index contributed by atoms with van der Waals surface area (Å²) in [5, 5.41) is 6.64. The van der Waals surface area contributed by atoms with E-state index in [-0.39, 0.29) is 18.0 Å². The van der Waals surface area contributed by atoms with Crippen molar-refractivity contribution >= 4 is 17.3 Å². The van der Waals surface area contributed by atoms with Gasteiger partial charge in [-0.15, -0.1) is 0 Å². The molecule has 1 heterocycles. The van der Waals surface area contributed by atoms with Gasteiger partial charge in [0, 0.05) is 17.4 Å². The molecule has 6 heteroatoms. The minimum atomic E-state index is -0.322. The van der Waals surface area contributed by atoms with Gasteiger partial charge in [0.2, 0.25) is 5.91 Å². The van der Waals surface area contributed by atoms with Crippen LogP contribution < -0.4 is 16.6 Å². The van der Waals surface area contributed by atoms with Crippen LogP contribution in [0, 0.1) is 13.8 Å². The molecule has 3 N–H and O–H groups in total. The van der Waals surface area contributed by atoms with Crippen molar-refractivity contribution < 1.29 is 4.79 Å². The van der Waals surface area contributed by atoms with E-state index in [1.165, 1.54) is 6.07 Å². The average Bonchev–Trinajstić information content (AvgIpc) is 2.38. The second kappa shape index (κ2) is 5.56. The maximum Gasteiger partial charge on any atom is 0.267 e. The predicted octanol–water partition coefficient (Wildman–Crippen LogP) is 1.08. The van der Waals surface area contributed by atoms with Crippen LogP contribution in [0.3, 0.4) is 0 Å². The van der Waals surface area contributed by atoms with Crippen LogP contribution >= 0.6 is 0 Å². The van der Waals surface area contributed by atoms with E-state index in [0.717, 1.165) is 15.8 Å². The molecule has 0 aliphatic rings. The van der Waals surface area contributed by atoms with Crippen LogP contribution in [-0.2, 0) is 11.3 Å². The Kier molecular flexibility index (Phi) is 3.84. The summed E-state index contributed by atoms with van der Waals surface area (Å²) in [6.45, 7) is 3.46. The van der Waals surface area contributed by atoms with Crippen molar-refractivity contribution in [3.8, 4) is 0 Å². The van der Waals surface area contributed by atoms with Gasteiger partial charge in [0.05, 0.1) is 6.20 Å². The summed E-state index contributed by atoms with van der Waals surface area (Å²) >= 11 is 0. The summed E-state index contributed by atoms with van der Waals surface area (Å²) in [7, 11) is 0. The number of nitrogens with one attached hydrogen (secondary N) is 1. The van der Waals surface area contributed by atoms with E-state index < -0.39 is 0 Å². The van der Waals surface area contributed by atoms with Gasteiger partial charge < -0.3 is 11.1 Å². The Hall–Kier alpha value is -2.63. The molecule has 0 aliphatic carbocycles. The monoisotopic (exact) mass is 272 g/mol. The quantitative estimate of drug-likeness (QED) is 0.818. The molecule has 104 valence electrons. The Labute approximate surface area is 116 Å². The highest BCUT2D eigenvalue weighted by molar-refractivity contribution is 5.92. The molecule has 2 rings (SSSR count). The molecule has 1 amide bonds. The zero-order chi connectivity index (χ0) is 14.7. The summed E-state index contributed by atoms with van der Waals surface area (Å²) in [5.41, 5.74) is 8.27. The van der Waals surface area contributed by atoms with E-state index in [1.807, 2.05) is 6.92 Å². The number of hydrogen-bond donors (Lipinski definition) is 2. The predicted molar refractivity (Wildman–Crippen MR) is 77.5 cm³/mol. The molecule has 1 aromatic heterocycles. The third kappa shape index (κ3) is 3.03. The fraction of sp³-hybridized carbons (Fsp3) is 0.214. The van der Waals surface area contributed by atoms with E-state index in [0.29, 0.717) is 11.4 Å². The van der Waals surface area contributed by atoms with Crippen molar-refractivity contribution in [3.05, 3.63) is 51.9 Å². The summed E-state index contributed by atoms with van der Waals surface area (Å²) in [4.78, 5) is 23.6. The van der Waals surface area contributed by atoms with Crippen LogP contribution in [0.1, 0.15) is 11.1 Å². The summed E-state index contributed by atoms with van der Waals surface area (Å²) in [5.74, 6) is -0.322. The number of aromatic nitrogens is 2. The Morgan fingerprint density at radius 3 is 2.85 bits per heavy atom. The lowest BCUT2D eigenvalue weighted by molar-refractivity contribution is -0.117. The zero-order valence-corrected chi connectivity index (χ0v) is 11.4. The van der Waals surface area contributed by atoms with Gasteiger partial charge in [0.1, 0.15) is 6.54 Å². The maximum atomic E-state index is 11.9. The Morgan fingerprint density at radius 1 is 1.40 bits per heavy atom. The van der Waals surface area contributed by atoms with Gasteiger partial charge in [-0.25, -0.2) is 4.68 Å². The number of benzene rings is 1. The lowest BCUT2D eigenvalue weighted by Gasteiger charge is -2.10. The van der Waals surface area contributed by atoms with Gasteiger partial charge in [-0.3, -0.25) is 9.59 Å². The first-order valence-electron chi connectivity index (χ1n) is 6.16. The number of carbonyl (C=O) groups is 1. The van der Waals surface area contributed by atoms with Crippen molar-refractivity contribution in [3.63, 3.8) is 0 Å². The number of hydrogen-bond acceptors (Lipinski definition) is 4. The molecule has 0 aliphatic heterocycles. The molecule has 20 heavy (non-hydrogen) atoms. The topological polar surface area (TPSA) is 90.0 Å². The van der Waals surface area contributed by atoms with Crippen molar-refractivity contribution in [1.29, 1.82) is 0 Å². The summed E-state index contributed by atoms with van der Waals surface area (Å²) in [6.07, 6.45) is 1.54. The Balaban J connectivity index is 2.13. The minimum Gasteiger partial charge on any atom is -0.398 e. The fourth-order valence-corrected chi connectivity index (χ4v) is 1.76. The van der Waals surface area contributed by atoms with E-state index in [1.54, 1.807) is 31.3 Å². The highest BCUT2D eigenvalue weighted by atomic mass is 16.2. The maximum absolute atomic E-state index is 11.9. The van der Waals surface area contributed by atoms with E-state index in [2.05, 4.69) is 10.4 Å². The molecule has 0 fully saturated rings. The standard InChI is InChI=1S/C14H16N4O2/c1-9-6-14(20)18(16-7-9)8-13(19)17-12-5-3-4-11(15)10(12)2/h3-7H,8,15H2,1-2H3,(H,17,19).